The minimum Gasteiger partial charge on any atom is -0.487 e. The number of halogens is 1. The molecule has 1 aromatic carbocycles. The number of aliphatic hydroxyl groups is 1. The van der Waals surface area contributed by atoms with Gasteiger partial charge in [-0.25, -0.2) is 8.42 Å². The summed E-state index contributed by atoms with van der Waals surface area (Å²) >= 11 is 3.38. The van der Waals surface area contributed by atoms with Crippen LogP contribution in [0.2, 0.25) is 0 Å². The zero-order chi connectivity index (χ0) is 18.1. The molecule has 1 heterocycles. The maximum absolute atomic E-state index is 13.1. The van der Waals surface area contributed by atoms with Gasteiger partial charge in [0.05, 0.1) is 6.61 Å². The highest BCUT2D eigenvalue weighted by molar-refractivity contribution is 9.10. The molecule has 6 nitrogen and oxygen atoms in total. The molecule has 0 spiro atoms. The quantitative estimate of drug-likeness (QED) is 0.803. The summed E-state index contributed by atoms with van der Waals surface area (Å²) in [5, 5.41) is 9.52. The number of hydrogen-bond acceptors (Lipinski definition) is 5. The summed E-state index contributed by atoms with van der Waals surface area (Å²) in [4.78, 5) is 2.16. The Labute approximate surface area is 152 Å². The number of fused-ring (bicyclic) bond motifs is 1. The molecule has 136 valence electrons. The Kier molecular flexibility index (Phi) is 6.30. The van der Waals surface area contributed by atoms with Gasteiger partial charge in [0.25, 0.3) is 0 Å². The maximum atomic E-state index is 13.1. The highest BCUT2D eigenvalue weighted by Crippen LogP contribution is 2.35. The highest BCUT2D eigenvalue weighted by Gasteiger charge is 2.37. The number of nitrogens with zero attached hydrogens (tertiary/aromatic N) is 2. The van der Waals surface area contributed by atoms with Crippen LogP contribution in [0.3, 0.4) is 0 Å². The second kappa shape index (κ2) is 7.70. The standard InChI is InChI=1S/C16H25BrN2O4S/c1-11-8-19(12(2)10-20)24(21,22)16-6-5-13(17)7-14(16)23-15(11)9-18(3)4/h5-7,11-12,15,20H,8-10H2,1-4H3/t11-,12+,15-/m0/s1. The lowest BCUT2D eigenvalue weighted by Crippen LogP contribution is -2.49. The summed E-state index contributed by atoms with van der Waals surface area (Å²) in [7, 11) is 0.178. The summed E-state index contributed by atoms with van der Waals surface area (Å²) in [6.07, 6.45) is -0.156. The molecule has 3 atom stereocenters. The predicted molar refractivity (Wildman–Crippen MR) is 96.7 cm³/mol. The molecule has 0 radical (unpaired) electrons. The monoisotopic (exact) mass is 420 g/mol. The van der Waals surface area contributed by atoms with Crippen LogP contribution in [0, 0.1) is 5.92 Å². The maximum Gasteiger partial charge on any atom is 0.247 e. The Bertz CT molecular complexity index is 681. The van der Waals surface area contributed by atoms with Gasteiger partial charge in [-0.05, 0) is 39.2 Å². The van der Waals surface area contributed by atoms with Crippen LogP contribution in [0.5, 0.6) is 5.75 Å². The Balaban J connectivity index is 2.57. The Morgan fingerprint density at radius 1 is 1.46 bits per heavy atom. The van der Waals surface area contributed by atoms with E-state index in [2.05, 4.69) is 15.9 Å². The lowest BCUT2D eigenvalue weighted by Gasteiger charge is -2.37. The highest BCUT2D eigenvalue weighted by atomic mass is 79.9. The number of aliphatic hydroxyl groups excluding tert-OH is 1. The number of benzene rings is 1. The molecule has 1 aliphatic rings. The van der Waals surface area contributed by atoms with Gasteiger partial charge < -0.3 is 14.7 Å². The zero-order valence-electron chi connectivity index (χ0n) is 14.4. The number of ether oxygens (including phenoxy) is 1. The van der Waals surface area contributed by atoms with Crippen LogP contribution in [-0.2, 0) is 10.0 Å². The van der Waals surface area contributed by atoms with Crippen molar-refractivity contribution in [2.24, 2.45) is 5.92 Å². The first-order valence-electron chi connectivity index (χ1n) is 7.90. The fourth-order valence-corrected chi connectivity index (χ4v) is 4.94. The molecule has 1 N–H and O–H groups in total. The molecule has 1 aromatic rings. The van der Waals surface area contributed by atoms with E-state index in [4.69, 9.17) is 4.74 Å². The van der Waals surface area contributed by atoms with Gasteiger partial charge in [-0.1, -0.05) is 22.9 Å². The second-order valence-electron chi connectivity index (χ2n) is 6.59. The molecule has 8 heteroatoms. The average Bonchev–Trinajstić information content (AvgIpc) is 2.49. The molecule has 0 saturated carbocycles. The summed E-state index contributed by atoms with van der Waals surface area (Å²) in [5.41, 5.74) is 0. The molecule has 0 unspecified atom stereocenters. The van der Waals surface area contributed by atoms with Crippen molar-refractivity contribution in [2.75, 3.05) is 33.8 Å². The molecular formula is C16H25BrN2O4S. The number of sulfonamides is 1. The van der Waals surface area contributed by atoms with Crippen LogP contribution in [0.1, 0.15) is 13.8 Å². The zero-order valence-corrected chi connectivity index (χ0v) is 16.8. The van der Waals surface area contributed by atoms with Crippen molar-refractivity contribution < 1.29 is 18.3 Å². The van der Waals surface area contributed by atoms with E-state index >= 15 is 0 Å². The van der Waals surface area contributed by atoms with Gasteiger partial charge in [0.15, 0.2) is 0 Å². The largest absolute Gasteiger partial charge is 0.487 e. The van der Waals surface area contributed by atoms with E-state index in [9.17, 15) is 13.5 Å². The van der Waals surface area contributed by atoms with Crippen molar-refractivity contribution in [2.45, 2.75) is 30.9 Å². The summed E-state index contributed by atoms with van der Waals surface area (Å²) in [6.45, 7) is 4.44. The van der Waals surface area contributed by atoms with Crippen LogP contribution < -0.4 is 4.74 Å². The molecule has 0 fully saturated rings. The number of likely N-dealkylation sites (N-methyl/N-ethyl adjacent to an activating group) is 1. The third kappa shape index (κ3) is 4.11. The summed E-state index contributed by atoms with van der Waals surface area (Å²) in [6, 6.07) is 4.43. The molecule has 0 bridgehead atoms. The fourth-order valence-electron chi connectivity index (χ4n) is 2.78. The Hall–Kier alpha value is -0.670. The van der Waals surface area contributed by atoms with Crippen molar-refractivity contribution in [3.8, 4) is 5.75 Å². The van der Waals surface area contributed by atoms with Gasteiger partial charge in [0, 0.05) is 29.5 Å². The van der Waals surface area contributed by atoms with Gasteiger partial charge in [-0.15, -0.1) is 0 Å². The molecule has 24 heavy (non-hydrogen) atoms. The van der Waals surface area contributed by atoms with E-state index in [1.807, 2.05) is 25.9 Å². The smallest absolute Gasteiger partial charge is 0.247 e. The number of rotatable bonds is 4. The topological polar surface area (TPSA) is 70.1 Å². The van der Waals surface area contributed by atoms with Gasteiger partial charge in [-0.2, -0.15) is 4.31 Å². The SMILES string of the molecule is C[C@H](CO)N1C[C@H](C)[C@H](CN(C)C)Oc2cc(Br)ccc2S1(=O)=O. The van der Waals surface area contributed by atoms with E-state index in [1.54, 1.807) is 25.1 Å². The molecule has 0 aromatic heterocycles. The van der Waals surface area contributed by atoms with Crippen LogP contribution in [-0.4, -0.2) is 68.7 Å². The van der Waals surface area contributed by atoms with Crippen LogP contribution in [0.15, 0.2) is 27.6 Å². The van der Waals surface area contributed by atoms with E-state index in [1.165, 1.54) is 4.31 Å². The van der Waals surface area contributed by atoms with E-state index < -0.39 is 16.1 Å². The molecule has 0 saturated heterocycles. The van der Waals surface area contributed by atoms with Crippen LogP contribution >= 0.6 is 15.9 Å². The van der Waals surface area contributed by atoms with E-state index in [0.29, 0.717) is 18.8 Å². The molecule has 0 aliphatic carbocycles. The van der Waals surface area contributed by atoms with Crippen molar-refractivity contribution in [3.63, 3.8) is 0 Å². The van der Waals surface area contributed by atoms with Crippen molar-refractivity contribution in [1.29, 1.82) is 0 Å². The van der Waals surface area contributed by atoms with E-state index in [-0.39, 0.29) is 23.5 Å². The lowest BCUT2D eigenvalue weighted by atomic mass is 10.0. The average molecular weight is 421 g/mol. The minimum absolute atomic E-state index is 0.0247. The van der Waals surface area contributed by atoms with Crippen molar-refractivity contribution in [3.05, 3.63) is 22.7 Å². The molecule has 0 amide bonds. The molecule has 1 aliphatic heterocycles. The predicted octanol–water partition coefficient (Wildman–Crippen LogP) is 1.78. The normalized spacial score (nSPS) is 25.5. The summed E-state index contributed by atoms with van der Waals surface area (Å²) in [5.74, 6) is 0.321. The van der Waals surface area contributed by atoms with Gasteiger partial charge in [0.2, 0.25) is 10.0 Å². The minimum atomic E-state index is -3.74. The van der Waals surface area contributed by atoms with Crippen LogP contribution in [0.4, 0.5) is 0 Å². The third-order valence-corrected chi connectivity index (χ3v) is 6.69. The first-order valence-corrected chi connectivity index (χ1v) is 10.1. The van der Waals surface area contributed by atoms with Gasteiger partial charge in [0.1, 0.15) is 16.7 Å². The van der Waals surface area contributed by atoms with Gasteiger partial charge >= 0.3 is 0 Å². The van der Waals surface area contributed by atoms with E-state index in [0.717, 1.165) is 4.47 Å². The summed E-state index contributed by atoms with van der Waals surface area (Å²) < 4.78 is 34.4. The first kappa shape index (κ1) is 19.7. The lowest BCUT2D eigenvalue weighted by molar-refractivity contribution is 0.0812. The first-order chi connectivity index (χ1) is 11.2. The Morgan fingerprint density at radius 2 is 2.12 bits per heavy atom. The third-order valence-electron chi connectivity index (χ3n) is 4.17. The second-order valence-corrected chi connectivity index (χ2v) is 9.37. The van der Waals surface area contributed by atoms with Crippen LogP contribution in [0.25, 0.3) is 0 Å². The van der Waals surface area contributed by atoms with Gasteiger partial charge in [-0.3, -0.25) is 0 Å². The van der Waals surface area contributed by atoms with Crippen molar-refractivity contribution >= 4 is 26.0 Å². The van der Waals surface area contributed by atoms with Crippen molar-refractivity contribution in [1.82, 2.24) is 9.21 Å². The molecule has 2 rings (SSSR count). The number of hydrogen-bond donors (Lipinski definition) is 1. The Morgan fingerprint density at radius 3 is 2.71 bits per heavy atom. The molecular weight excluding hydrogens is 396 g/mol. The fraction of sp³-hybridized carbons (Fsp3) is 0.625.